The molecule has 0 unspecified atom stereocenters. The normalized spacial score (nSPS) is 15.1. The number of nitrogens with one attached hydrogen (secondary N) is 1. The van der Waals surface area contributed by atoms with Gasteiger partial charge in [0.15, 0.2) is 9.84 Å². The number of hydrogen-bond acceptors (Lipinski definition) is 4. The standard InChI is InChI=1S/C27H31NO4S2/c1-26(2,3)33(29)28-27(23-11-7-5-8-12-23,20-19-22-15-17-24(32-4)18-16-22)21-34(30,31)25-13-9-6-10-14-25/h5-20,28H,21H2,1-4H3/b20-19+/t27-,33+/m1/s1. The number of benzene rings is 3. The molecule has 0 saturated heterocycles. The molecule has 0 bridgehead atoms. The molecule has 0 spiro atoms. The Balaban J connectivity index is 2.16. The number of ether oxygens (including phenoxy) is 1. The Kier molecular flexibility index (Phi) is 8.13. The Morgan fingerprint density at radius 2 is 1.44 bits per heavy atom. The van der Waals surface area contributed by atoms with Crippen LogP contribution in [0.25, 0.3) is 6.08 Å². The second kappa shape index (κ2) is 10.7. The molecule has 0 amide bonds. The highest BCUT2D eigenvalue weighted by Gasteiger charge is 2.39. The maximum absolute atomic E-state index is 13.6. The minimum Gasteiger partial charge on any atom is -0.497 e. The first-order chi connectivity index (χ1) is 16.1. The Bertz CT molecular complexity index is 1230. The van der Waals surface area contributed by atoms with Gasteiger partial charge in [-0.05, 0) is 56.2 Å². The van der Waals surface area contributed by atoms with Gasteiger partial charge in [0.1, 0.15) is 5.75 Å². The van der Waals surface area contributed by atoms with Crippen molar-refractivity contribution in [3.63, 3.8) is 0 Å². The summed E-state index contributed by atoms with van der Waals surface area (Å²) in [6, 6.07) is 25.1. The van der Waals surface area contributed by atoms with Crippen LogP contribution in [-0.2, 0) is 26.4 Å². The van der Waals surface area contributed by atoms with Crippen molar-refractivity contribution in [3.8, 4) is 5.75 Å². The average molecular weight is 498 g/mol. The molecule has 0 aliphatic heterocycles. The van der Waals surface area contributed by atoms with Gasteiger partial charge in [0.2, 0.25) is 0 Å². The Morgan fingerprint density at radius 3 is 1.97 bits per heavy atom. The molecule has 0 aromatic heterocycles. The summed E-state index contributed by atoms with van der Waals surface area (Å²) < 4.78 is 48.3. The van der Waals surface area contributed by atoms with Crippen LogP contribution in [0, 0.1) is 0 Å². The molecular weight excluding hydrogens is 466 g/mol. The predicted molar refractivity (Wildman–Crippen MR) is 140 cm³/mol. The van der Waals surface area contributed by atoms with Crippen molar-refractivity contribution < 1.29 is 17.4 Å². The quantitative estimate of drug-likeness (QED) is 0.445. The van der Waals surface area contributed by atoms with Crippen molar-refractivity contribution in [2.45, 2.75) is 36.0 Å². The van der Waals surface area contributed by atoms with E-state index in [1.807, 2.05) is 81.4 Å². The summed E-state index contributed by atoms with van der Waals surface area (Å²) in [6.07, 6.45) is 3.65. The topological polar surface area (TPSA) is 72.5 Å². The molecule has 3 aromatic rings. The Morgan fingerprint density at radius 1 is 0.882 bits per heavy atom. The molecule has 0 aliphatic rings. The molecule has 5 nitrogen and oxygen atoms in total. The first-order valence-corrected chi connectivity index (χ1v) is 13.7. The van der Waals surface area contributed by atoms with Crippen molar-refractivity contribution in [3.05, 3.63) is 102 Å². The number of sulfone groups is 1. The van der Waals surface area contributed by atoms with E-state index in [9.17, 15) is 12.6 Å². The van der Waals surface area contributed by atoms with E-state index in [1.54, 1.807) is 43.5 Å². The molecule has 0 saturated carbocycles. The van der Waals surface area contributed by atoms with Crippen LogP contribution in [0.15, 0.2) is 95.9 Å². The Hall–Kier alpha value is -2.74. The van der Waals surface area contributed by atoms with Gasteiger partial charge in [-0.3, -0.25) is 0 Å². The predicted octanol–water partition coefficient (Wildman–Crippen LogP) is 5.13. The fourth-order valence-electron chi connectivity index (χ4n) is 3.37. The number of rotatable bonds is 9. The average Bonchev–Trinajstić information content (AvgIpc) is 2.83. The van der Waals surface area contributed by atoms with Gasteiger partial charge in [-0.25, -0.2) is 17.3 Å². The molecule has 34 heavy (non-hydrogen) atoms. The van der Waals surface area contributed by atoms with Crippen LogP contribution in [-0.4, -0.2) is 30.2 Å². The van der Waals surface area contributed by atoms with Gasteiger partial charge in [0, 0.05) is 0 Å². The fraction of sp³-hybridized carbons (Fsp3) is 0.259. The smallest absolute Gasteiger partial charge is 0.180 e. The third-order valence-corrected chi connectivity index (χ3v) is 8.80. The summed E-state index contributed by atoms with van der Waals surface area (Å²) in [5.41, 5.74) is 0.326. The molecule has 0 radical (unpaired) electrons. The van der Waals surface area contributed by atoms with Crippen molar-refractivity contribution in [1.29, 1.82) is 0 Å². The summed E-state index contributed by atoms with van der Waals surface area (Å²) in [5.74, 6) is 0.424. The minimum absolute atomic E-state index is 0.219. The van der Waals surface area contributed by atoms with Gasteiger partial charge >= 0.3 is 0 Å². The maximum Gasteiger partial charge on any atom is 0.180 e. The van der Waals surface area contributed by atoms with Crippen LogP contribution in [0.4, 0.5) is 0 Å². The second-order valence-corrected chi connectivity index (χ2v) is 13.0. The molecule has 2 atom stereocenters. The maximum atomic E-state index is 13.6. The van der Waals surface area contributed by atoms with Crippen LogP contribution in [0.5, 0.6) is 5.75 Å². The lowest BCUT2D eigenvalue weighted by Crippen LogP contribution is -2.50. The lowest BCUT2D eigenvalue weighted by Gasteiger charge is -2.34. The first-order valence-electron chi connectivity index (χ1n) is 10.9. The lowest BCUT2D eigenvalue weighted by molar-refractivity contribution is 0.415. The summed E-state index contributed by atoms with van der Waals surface area (Å²) in [6.45, 7) is 5.56. The van der Waals surface area contributed by atoms with Gasteiger partial charge in [0.25, 0.3) is 0 Å². The van der Waals surface area contributed by atoms with E-state index < -0.39 is 31.1 Å². The molecule has 0 aliphatic carbocycles. The fourth-order valence-corrected chi connectivity index (χ4v) is 6.03. The van der Waals surface area contributed by atoms with Crippen molar-refractivity contribution in [1.82, 2.24) is 4.72 Å². The zero-order valence-electron chi connectivity index (χ0n) is 19.9. The molecule has 3 aromatic carbocycles. The molecule has 7 heteroatoms. The molecule has 1 N–H and O–H groups in total. The molecular formula is C27H31NO4S2. The van der Waals surface area contributed by atoms with Crippen LogP contribution in [0.1, 0.15) is 31.9 Å². The van der Waals surface area contributed by atoms with E-state index in [2.05, 4.69) is 4.72 Å². The van der Waals surface area contributed by atoms with Gasteiger partial charge in [0.05, 0.1) is 39.0 Å². The number of hydrogen-bond donors (Lipinski definition) is 1. The highest BCUT2D eigenvalue weighted by Crippen LogP contribution is 2.31. The monoisotopic (exact) mass is 497 g/mol. The summed E-state index contributed by atoms with van der Waals surface area (Å²) in [4.78, 5) is 0.219. The van der Waals surface area contributed by atoms with Crippen molar-refractivity contribution in [2.75, 3.05) is 12.9 Å². The highest BCUT2D eigenvalue weighted by atomic mass is 32.2. The van der Waals surface area contributed by atoms with Gasteiger partial charge in [-0.15, -0.1) is 0 Å². The second-order valence-electron chi connectivity index (χ2n) is 9.00. The zero-order chi connectivity index (χ0) is 24.8. The Labute approximate surface area is 205 Å². The third-order valence-electron chi connectivity index (χ3n) is 5.32. The van der Waals surface area contributed by atoms with E-state index in [0.29, 0.717) is 5.56 Å². The van der Waals surface area contributed by atoms with E-state index >= 15 is 0 Å². The highest BCUT2D eigenvalue weighted by molar-refractivity contribution is 7.91. The van der Waals surface area contributed by atoms with Crippen LogP contribution < -0.4 is 9.46 Å². The lowest BCUT2D eigenvalue weighted by atomic mass is 9.92. The SMILES string of the molecule is COc1ccc(/C=C/[C@](CS(=O)(=O)c2ccccc2)(N[S@@](=O)C(C)(C)C)c2ccccc2)cc1. The van der Waals surface area contributed by atoms with Gasteiger partial charge < -0.3 is 4.74 Å². The summed E-state index contributed by atoms with van der Waals surface area (Å²) in [7, 11) is -3.68. The minimum atomic E-state index is -3.74. The van der Waals surface area contributed by atoms with E-state index in [1.165, 1.54) is 0 Å². The summed E-state index contributed by atoms with van der Waals surface area (Å²) >= 11 is 0. The molecule has 0 fully saturated rings. The first kappa shape index (κ1) is 25.9. The zero-order valence-corrected chi connectivity index (χ0v) is 21.5. The van der Waals surface area contributed by atoms with Gasteiger partial charge in [-0.1, -0.05) is 72.8 Å². The van der Waals surface area contributed by atoms with Gasteiger partial charge in [-0.2, -0.15) is 0 Å². The van der Waals surface area contributed by atoms with E-state index in [4.69, 9.17) is 4.74 Å². The van der Waals surface area contributed by atoms with E-state index in [-0.39, 0.29) is 10.6 Å². The van der Waals surface area contributed by atoms with Crippen LogP contribution in [0.3, 0.4) is 0 Å². The number of methoxy groups -OCH3 is 1. The molecule has 0 heterocycles. The van der Waals surface area contributed by atoms with Crippen molar-refractivity contribution >= 4 is 26.9 Å². The summed E-state index contributed by atoms with van der Waals surface area (Å²) in [5, 5.41) is 0. The van der Waals surface area contributed by atoms with E-state index in [0.717, 1.165) is 11.3 Å². The van der Waals surface area contributed by atoms with Crippen molar-refractivity contribution in [2.24, 2.45) is 0 Å². The third kappa shape index (κ3) is 6.44. The largest absolute Gasteiger partial charge is 0.497 e. The molecule has 3 rings (SSSR count). The van der Waals surface area contributed by atoms with Crippen LogP contribution in [0.2, 0.25) is 0 Å². The van der Waals surface area contributed by atoms with Crippen LogP contribution >= 0.6 is 0 Å². The molecule has 180 valence electrons.